The molecule has 21 heavy (non-hydrogen) atoms. The van der Waals surface area contributed by atoms with Crippen LogP contribution in [0.25, 0.3) is 22.3 Å². The zero-order valence-electron chi connectivity index (χ0n) is 11.4. The minimum absolute atomic E-state index is 0.435. The highest BCUT2D eigenvalue weighted by Gasteiger charge is 2.14. The zero-order chi connectivity index (χ0) is 15.1. The topological polar surface area (TPSA) is 25.8 Å². The normalized spacial score (nSPS) is 11.1. The molecule has 0 bridgehead atoms. The molecule has 0 saturated carbocycles. The molecule has 0 atom stereocenters. The summed E-state index contributed by atoms with van der Waals surface area (Å²) in [6.07, 6.45) is 0. The van der Waals surface area contributed by atoms with Crippen LogP contribution in [-0.4, -0.2) is 9.97 Å². The summed E-state index contributed by atoms with van der Waals surface area (Å²) in [5.41, 5.74) is 3.74. The maximum absolute atomic E-state index is 6.37. The van der Waals surface area contributed by atoms with Crippen molar-refractivity contribution in [3.8, 4) is 11.4 Å². The van der Waals surface area contributed by atoms with Crippen LogP contribution in [0.1, 0.15) is 11.1 Å². The number of aromatic nitrogens is 2. The van der Waals surface area contributed by atoms with Gasteiger partial charge in [-0.3, -0.25) is 0 Å². The highest BCUT2D eigenvalue weighted by Crippen LogP contribution is 2.34. The van der Waals surface area contributed by atoms with Crippen molar-refractivity contribution in [1.29, 1.82) is 0 Å². The minimum atomic E-state index is 0.435. The van der Waals surface area contributed by atoms with E-state index in [0.717, 1.165) is 32.1 Å². The summed E-state index contributed by atoms with van der Waals surface area (Å²) in [4.78, 5) is 9.13. The molecule has 2 aromatic carbocycles. The molecular weight excluding hydrogens is 371 g/mol. The van der Waals surface area contributed by atoms with Crippen molar-refractivity contribution in [2.45, 2.75) is 13.8 Å². The molecule has 3 rings (SSSR count). The summed E-state index contributed by atoms with van der Waals surface area (Å²) in [5, 5.41) is 1.96. The van der Waals surface area contributed by atoms with Crippen LogP contribution in [0.2, 0.25) is 10.2 Å². The van der Waals surface area contributed by atoms with E-state index in [9.17, 15) is 0 Å². The van der Waals surface area contributed by atoms with E-state index in [4.69, 9.17) is 23.2 Å². The number of hydrogen-bond donors (Lipinski definition) is 0. The van der Waals surface area contributed by atoms with Gasteiger partial charge in [0.25, 0.3) is 0 Å². The number of halogens is 3. The van der Waals surface area contributed by atoms with Crippen LogP contribution in [0.15, 0.2) is 34.8 Å². The Morgan fingerprint density at radius 1 is 1.00 bits per heavy atom. The summed E-state index contributed by atoms with van der Waals surface area (Å²) in [6.45, 7) is 3.96. The molecule has 0 aliphatic carbocycles. The van der Waals surface area contributed by atoms with Crippen LogP contribution in [-0.2, 0) is 0 Å². The lowest BCUT2D eigenvalue weighted by atomic mass is 10.1. The Morgan fingerprint density at radius 2 is 1.76 bits per heavy atom. The van der Waals surface area contributed by atoms with Crippen molar-refractivity contribution in [2.24, 2.45) is 0 Å². The number of rotatable bonds is 1. The highest BCUT2D eigenvalue weighted by atomic mass is 79.9. The van der Waals surface area contributed by atoms with Crippen LogP contribution in [0.5, 0.6) is 0 Å². The van der Waals surface area contributed by atoms with Crippen molar-refractivity contribution in [1.82, 2.24) is 9.97 Å². The van der Waals surface area contributed by atoms with Gasteiger partial charge in [-0.05, 0) is 53.0 Å². The fourth-order valence-corrected chi connectivity index (χ4v) is 3.33. The van der Waals surface area contributed by atoms with Crippen LogP contribution >= 0.6 is 39.1 Å². The Balaban J connectivity index is 2.36. The SMILES string of the molecule is Cc1c(Cl)cccc1-c1nc(Cl)c2c(Br)ccc(C)c2n1. The van der Waals surface area contributed by atoms with Crippen molar-refractivity contribution < 1.29 is 0 Å². The van der Waals surface area contributed by atoms with Gasteiger partial charge in [-0.2, -0.15) is 0 Å². The fraction of sp³-hybridized carbons (Fsp3) is 0.125. The number of nitrogens with zero attached hydrogens (tertiary/aromatic N) is 2. The van der Waals surface area contributed by atoms with E-state index in [2.05, 4.69) is 25.9 Å². The molecule has 5 heteroatoms. The predicted molar refractivity (Wildman–Crippen MR) is 92.2 cm³/mol. The molecule has 0 spiro atoms. The monoisotopic (exact) mass is 380 g/mol. The lowest BCUT2D eigenvalue weighted by Crippen LogP contribution is -1.96. The van der Waals surface area contributed by atoms with Gasteiger partial charge in [0.1, 0.15) is 5.15 Å². The lowest BCUT2D eigenvalue weighted by molar-refractivity contribution is 1.20. The smallest absolute Gasteiger partial charge is 0.161 e. The summed E-state index contributed by atoms with van der Waals surface area (Å²) >= 11 is 16.1. The summed E-state index contributed by atoms with van der Waals surface area (Å²) in [6, 6.07) is 9.65. The van der Waals surface area contributed by atoms with Gasteiger partial charge in [0, 0.05) is 15.1 Å². The standard InChI is InChI=1S/C16H11BrCl2N2/c1-8-6-7-11(17)13-14(8)20-16(21-15(13)19)10-4-3-5-12(18)9(10)2/h3-7H,1-2H3. The average Bonchev–Trinajstić information content (AvgIpc) is 2.45. The molecule has 3 aromatic rings. The van der Waals surface area contributed by atoms with Gasteiger partial charge in [0.15, 0.2) is 5.82 Å². The third-order valence-corrected chi connectivity index (χ3v) is 4.81. The first-order valence-electron chi connectivity index (χ1n) is 6.37. The van der Waals surface area contributed by atoms with E-state index in [-0.39, 0.29) is 0 Å². The Bertz CT molecular complexity index is 863. The molecule has 0 unspecified atom stereocenters. The Labute approximate surface area is 141 Å². The van der Waals surface area contributed by atoms with Gasteiger partial charge < -0.3 is 0 Å². The van der Waals surface area contributed by atoms with Crippen LogP contribution in [0.4, 0.5) is 0 Å². The first-order valence-corrected chi connectivity index (χ1v) is 7.92. The quantitative estimate of drug-likeness (QED) is 0.484. The van der Waals surface area contributed by atoms with Crippen LogP contribution in [0, 0.1) is 13.8 Å². The molecule has 0 saturated heterocycles. The molecule has 0 N–H and O–H groups in total. The van der Waals surface area contributed by atoms with E-state index >= 15 is 0 Å². The van der Waals surface area contributed by atoms with E-state index < -0.39 is 0 Å². The second-order valence-electron chi connectivity index (χ2n) is 4.84. The van der Waals surface area contributed by atoms with Crippen molar-refractivity contribution in [3.63, 3.8) is 0 Å². The predicted octanol–water partition coefficient (Wildman–Crippen LogP) is 5.98. The molecule has 106 valence electrons. The van der Waals surface area contributed by atoms with Crippen molar-refractivity contribution in [2.75, 3.05) is 0 Å². The van der Waals surface area contributed by atoms with Gasteiger partial charge in [-0.1, -0.05) is 41.4 Å². The maximum Gasteiger partial charge on any atom is 0.161 e. The van der Waals surface area contributed by atoms with Gasteiger partial charge in [-0.25, -0.2) is 9.97 Å². The molecule has 0 radical (unpaired) electrons. The Kier molecular flexibility index (Phi) is 3.91. The fourth-order valence-electron chi connectivity index (χ4n) is 2.26. The summed E-state index contributed by atoms with van der Waals surface area (Å²) in [5.74, 6) is 0.591. The second kappa shape index (κ2) is 5.56. The third kappa shape index (κ3) is 2.54. The van der Waals surface area contributed by atoms with E-state index in [1.54, 1.807) is 0 Å². The maximum atomic E-state index is 6.37. The summed E-state index contributed by atoms with van der Waals surface area (Å²) < 4.78 is 0.891. The number of benzene rings is 2. The molecular formula is C16H11BrCl2N2. The van der Waals surface area contributed by atoms with E-state index in [1.807, 2.05) is 44.2 Å². The van der Waals surface area contributed by atoms with E-state index in [0.29, 0.717) is 16.0 Å². The number of hydrogen-bond acceptors (Lipinski definition) is 2. The number of aryl methyl sites for hydroxylation is 1. The molecule has 0 aliphatic rings. The molecule has 2 nitrogen and oxygen atoms in total. The van der Waals surface area contributed by atoms with Crippen molar-refractivity contribution >= 4 is 50.0 Å². The summed E-state index contributed by atoms with van der Waals surface area (Å²) in [7, 11) is 0. The minimum Gasteiger partial charge on any atom is -0.228 e. The lowest BCUT2D eigenvalue weighted by Gasteiger charge is -2.10. The van der Waals surface area contributed by atoms with Gasteiger partial charge in [0.2, 0.25) is 0 Å². The first kappa shape index (κ1) is 14.8. The van der Waals surface area contributed by atoms with Gasteiger partial charge >= 0.3 is 0 Å². The first-order chi connectivity index (χ1) is 9.99. The second-order valence-corrected chi connectivity index (χ2v) is 6.46. The molecule has 1 heterocycles. The molecule has 0 aliphatic heterocycles. The Hall–Kier alpha value is -1.16. The molecule has 0 amide bonds. The van der Waals surface area contributed by atoms with Crippen LogP contribution < -0.4 is 0 Å². The van der Waals surface area contributed by atoms with Gasteiger partial charge in [-0.15, -0.1) is 0 Å². The number of fused-ring (bicyclic) bond motifs is 1. The largest absolute Gasteiger partial charge is 0.228 e. The van der Waals surface area contributed by atoms with E-state index in [1.165, 1.54) is 0 Å². The zero-order valence-corrected chi connectivity index (χ0v) is 14.5. The molecule has 0 fully saturated rings. The highest BCUT2D eigenvalue weighted by molar-refractivity contribution is 9.10. The van der Waals surface area contributed by atoms with Crippen LogP contribution in [0.3, 0.4) is 0 Å². The molecule has 1 aromatic heterocycles. The Morgan fingerprint density at radius 3 is 2.52 bits per heavy atom. The van der Waals surface area contributed by atoms with Gasteiger partial charge in [0.05, 0.1) is 10.9 Å². The third-order valence-electron chi connectivity index (χ3n) is 3.47. The average molecular weight is 382 g/mol. The van der Waals surface area contributed by atoms with Crippen molar-refractivity contribution in [3.05, 3.63) is 56.1 Å².